The lowest BCUT2D eigenvalue weighted by molar-refractivity contribution is 0.340. The molecule has 1 fully saturated rings. The maximum atomic E-state index is 2.76. The highest BCUT2D eigenvalue weighted by atomic mass is 32.2. The highest BCUT2D eigenvalue weighted by Gasteiger charge is 2.50. The maximum absolute atomic E-state index is 2.76. The number of rotatable bonds is 2. The summed E-state index contributed by atoms with van der Waals surface area (Å²) < 4.78 is 1.54. The summed E-state index contributed by atoms with van der Waals surface area (Å²) in [6.45, 7) is 15.2. The largest absolute Gasteiger partial charge is 0.311 e. The second-order valence-corrected chi connectivity index (χ2v) is 22.1. The molecule has 0 radical (unpaired) electrons. The summed E-state index contributed by atoms with van der Waals surface area (Å²) in [5.74, 6) is 0.621. The van der Waals surface area contributed by atoms with Gasteiger partial charge in [0.1, 0.15) is 0 Å². The van der Waals surface area contributed by atoms with Crippen molar-refractivity contribution in [3.8, 4) is 0 Å². The number of anilines is 6. The van der Waals surface area contributed by atoms with Gasteiger partial charge in [0, 0.05) is 55.7 Å². The molecule has 4 heterocycles. The summed E-state index contributed by atoms with van der Waals surface area (Å²) in [6, 6.07) is 38.3. The highest BCUT2D eigenvalue weighted by Crippen LogP contribution is 2.56. The normalized spacial score (nSPS) is 20.1. The summed E-state index contributed by atoms with van der Waals surface area (Å²) in [5.41, 5.74) is 21.7. The molecule has 1 saturated carbocycles. The van der Waals surface area contributed by atoms with Crippen LogP contribution in [0.3, 0.4) is 0 Å². The molecule has 6 aliphatic rings. The van der Waals surface area contributed by atoms with E-state index in [-0.39, 0.29) is 23.0 Å². The van der Waals surface area contributed by atoms with Crippen molar-refractivity contribution in [2.24, 2.45) is 0 Å². The molecule has 5 aromatic carbocycles. The van der Waals surface area contributed by atoms with Crippen LogP contribution in [0.2, 0.25) is 0 Å². The first kappa shape index (κ1) is 34.8. The van der Waals surface area contributed by atoms with E-state index in [0.717, 1.165) is 6.42 Å². The Hall–Kier alpha value is -4.19. The van der Waals surface area contributed by atoms with Crippen LogP contribution < -0.4 is 26.2 Å². The van der Waals surface area contributed by atoms with Crippen LogP contribution in [0.5, 0.6) is 0 Å². The lowest BCUT2D eigenvalue weighted by Crippen LogP contribution is -2.61. The number of thiophene rings is 1. The Morgan fingerprint density at radius 2 is 1.32 bits per heavy atom. The van der Waals surface area contributed by atoms with Crippen LogP contribution in [0.4, 0.5) is 34.1 Å². The van der Waals surface area contributed by atoms with Crippen molar-refractivity contribution >= 4 is 80.3 Å². The Bertz CT molecular complexity index is 2680. The zero-order valence-corrected chi connectivity index (χ0v) is 35.9. The lowest BCUT2D eigenvalue weighted by atomic mass is 9.33. The third kappa shape index (κ3) is 4.79. The van der Waals surface area contributed by atoms with Crippen LogP contribution >= 0.6 is 23.1 Å². The SMILES string of the molecule is CC1(C)CCC(C)(C)c2c1sc1c2B2c3ccc4cc3N(c3cccc5c3Cc3c(cccc3C5(C)C)N4c3ccccc3)c3cc(C4CCCCC4)cc(c32)S1. The highest BCUT2D eigenvalue weighted by molar-refractivity contribution is 8.02. The van der Waals surface area contributed by atoms with E-state index in [2.05, 4.69) is 172 Å². The molecule has 0 unspecified atom stereocenters. The molecule has 0 N–H and O–H groups in total. The number of nitrogens with zero attached hydrogens (tertiary/aromatic N) is 2. The van der Waals surface area contributed by atoms with Gasteiger partial charge in [0.15, 0.2) is 0 Å². The van der Waals surface area contributed by atoms with Crippen molar-refractivity contribution in [2.75, 3.05) is 9.80 Å². The van der Waals surface area contributed by atoms with Crippen molar-refractivity contribution in [1.29, 1.82) is 0 Å². The molecular formula is C52H51BN2S2. The third-order valence-corrected chi connectivity index (χ3v) is 18.0. The minimum Gasteiger partial charge on any atom is -0.311 e. The van der Waals surface area contributed by atoms with E-state index >= 15 is 0 Å². The second kappa shape index (κ2) is 11.9. The summed E-state index contributed by atoms with van der Waals surface area (Å²) >= 11 is 4.24. The molecular weight excluding hydrogens is 728 g/mol. The fraction of sp³-hybridized carbons (Fsp3) is 0.346. The summed E-state index contributed by atoms with van der Waals surface area (Å²) in [4.78, 5) is 8.45. The van der Waals surface area contributed by atoms with Gasteiger partial charge in [0.05, 0.1) is 4.21 Å². The number of fused-ring (bicyclic) bond motifs is 8. The molecule has 1 aromatic heterocycles. The molecule has 0 amide bonds. The van der Waals surface area contributed by atoms with Crippen molar-refractivity contribution in [3.63, 3.8) is 0 Å². The van der Waals surface area contributed by atoms with E-state index in [9.17, 15) is 0 Å². The molecule has 12 rings (SSSR count). The maximum Gasteiger partial charge on any atom is 0.251 e. The smallest absolute Gasteiger partial charge is 0.251 e. The van der Waals surface area contributed by atoms with Gasteiger partial charge in [0.2, 0.25) is 0 Å². The Morgan fingerprint density at radius 1 is 0.614 bits per heavy atom. The average molecular weight is 779 g/mol. The van der Waals surface area contributed by atoms with Gasteiger partial charge in [-0.25, -0.2) is 0 Å². The summed E-state index contributed by atoms with van der Waals surface area (Å²) in [6.07, 6.45) is 10.0. The number of benzene rings is 5. The van der Waals surface area contributed by atoms with E-state index in [4.69, 9.17) is 0 Å². The third-order valence-electron chi connectivity index (χ3n) is 15.1. The second-order valence-electron chi connectivity index (χ2n) is 19.8. The van der Waals surface area contributed by atoms with Crippen LogP contribution in [0.15, 0.2) is 106 Å². The zero-order valence-electron chi connectivity index (χ0n) is 34.3. The standard InChI is InChI=1S/C52H51BN2S2/c1-50(2)25-26-51(3,4)48-45(50)47-49(57-48)56-44-28-32(31-15-9-7-10-16-31)27-43-46(44)53(47)39-24-23-34-29-42(39)55(43)41-22-14-20-38-36(41)30-35-37(52(38,5)6)19-13-21-40(35)54(34)33-17-11-8-12-18-33/h8,11-14,17-24,27-29,31H,7,9-10,15-16,25-26,30H2,1-6H3. The molecule has 57 heavy (non-hydrogen) atoms. The van der Waals surface area contributed by atoms with Gasteiger partial charge in [-0.3, -0.25) is 0 Å². The molecule has 6 aromatic rings. The van der Waals surface area contributed by atoms with Gasteiger partial charge in [-0.2, -0.15) is 0 Å². The Morgan fingerprint density at radius 3 is 2.05 bits per heavy atom. The van der Waals surface area contributed by atoms with Crippen molar-refractivity contribution in [1.82, 2.24) is 0 Å². The van der Waals surface area contributed by atoms with Crippen LogP contribution in [-0.2, 0) is 22.7 Å². The predicted octanol–water partition coefficient (Wildman–Crippen LogP) is 12.9. The molecule has 284 valence electrons. The van der Waals surface area contributed by atoms with E-state index in [0.29, 0.717) is 5.92 Å². The number of hydrogen-bond acceptors (Lipinski definition) is 4. The average Bonchev–Trinajstić information content (AvgIpc) is 3.63. The van der Waals surface area contributed by atoms with Crippen molar-refractivity contribution < 1.29 is 0 Å². The van der Waals surface area contributed by atoms with Gasteiger partial charge < -0.3 is 9.80 Å². The topological polar surface area (TPSA) is 6.48 Å². The predicted molar refractivity (Wildman–Crippen MR) is 245 cm³/mol. The fourth-order valence-corrected chi connectivity index (χ4v) is 15.3. The monoisotopic (exact) mass is 778 g/mol. The number of para-hydroxylation sites is 1. The van der Waals surface area contributed by atoms with Gasteiger partial charge in [-0.05, 0) is 141 Å². The summed E-state index contributed by atoms with van der Waals surface area (Å²) in [7, 11) is 0. The van der Waals surface area contributed by atoms with E-state index < -0.39 is 0 Å². The lowest BCUT2D eigenvalue weighted by Gasteiger charge is -2.46. The molecule has 0 atom stereocenters. The van der Waals surface area contributed by atoms with E-state index in [1.54, 1.807) is 25.7 Å². The minimum absolute atomic E-state index is 0.128. The molecule has 0 spiro atoms. The van der Waals surface area contributed by atoms with Gasteiger partial charge in [-0.15, -0.1) is 11.3 Å². The first-order chi connectivity index (χ1) is 27.5. The Balaban J connectivity index is 1.21. The number of hydrogen-bond donors (Lipinski definition) is 0. The Labute approximate surface area is 347 Å². The van der Waals surface area contributed by atoms with Gasteiger partial charge >= 0.3 is 0 Å². The summed E-state index contributed by atoms with van der Waals surface area (Å²) in [5, 5.41) is 0. The molecule has 3 aliphatic carbocycles. The first-order valence-corrected chi connectivity index (χ1v) is 23.2. The molecule has 0 saturated heterocycles. The van der Waals surface area contributed by atoms with Crippen LogP contribution in [-0.4, -0.2) is 6.71 Å². The first-order valence-electron chi connectivity index (χ1n) is 21.6. The quantitative estimate of drug-likeness (QED) is 0.161. The Kier molecular flexibility index (Phi) is 7.30. The zero-order chi connectivity index (χ0) is 38.6. The fourth-order valence-electron chi connectivity index (χ4n) is 12.1. The van der Waals surface area contributed by atoms with Crippen LogP contribution in [0, 0.1) is 0 Å². The van der Waals surface area contributed by atoms with Gasteiger partial charge in [0.25, 0.3) is 6.71 Å². The van der Waals surface area contributed by atoms with Crippen LogP contribution in [0.25, 0.3) is 0 Å². The molecule has 3 aliphatic heterocycles. The van der Waals surface area contributed by atoms with E-state index in [1.165, 1.54) is 117 Å². The van der Waals surface area contributed by atoms with Crippen molar-refractivity contribution in [2.45, 2.75) is 124 Å². The molecule has 5 heteroatoms. The minimum atomic E-state index is -0.145. The molecule has 2 nitrogen and oxygen atoms in total. The molecule has 4 bridgehead atoms. The van der Waals surface area contributed by atoms with Gasteiger partial charge in [-0.1, -0.05) is 121 Å². The van der Waals surface area contributed by atoms with E-state index in [1.807, 2.05) is 0 Å². The van der Waals surface area contributed by atoms with Crippen LogP contribution in [0.1, 0.15) is 131 Å². The van der Waals surface area contributed by atoms with Crippen molar-refractivity contribution in [3.05, 3.63) is 135 Å².